The molecule has 1 heterocycles. The van der Waals surface area contributed by atoms with Crippen LogP contribution in [0.2, 0.25) is 0 Å². The summed E-state index contributed by atoms with van der Waals surface area (Å²) in [6, 6.07) is 6.45. The molecule has 0 N–H and O–H groups in total. The van der Waals surface area contributed by atoms with Crippen molar-refractivity contribution < 1.29 is 19.2 Å². The van der Waals surface area contributed by atoms with Gasteiger partial charge in [-0.2, -0.15) is 0 Å². The second kappa shape index (κ2) is 4.69. The first-order valence-electron chi connectivity index (χ1n) is 7.09. The molecule has 0 radical (unpaired) electrons. The Balaban J connectivity index is 1.70. The fourth-order valence-electron chi connectivity index (χ4n) is 2.77. The lowest BCUT2D eigenvalue weighted by molar-refractivity contribution is -0.171. The number of hydrogen-bond acceptors (Lipinski definition) is 4. The van der Waals surface area contributed by atoms with Crippen LogP contribution in [0.25, 0.3) is 0 Å². The summed E-state index contributed by atoms with van der Waals surface area (Å²) in [5.74, 6) is -1.17. The number of hydrogen-bond donors (Lipinski definition) is 0. The Labute approximate surface area is 122 Å². The maximum atomic E-state index is 12.1. The lowest BCUT2D eigenvalue weighted by Crippen LogP contribution is -2.34. The van der Waals surface area contributed by atoms with Gasteiger partial charge in [0, 0.05) is 0 Å². The molecule has 2 amide bonds. The fourth-order valence-corrected chi connectivity index (χ4v) is 2.77. The maximum Gasteiger partial charge on any atom is 0.333 e. The third-order valence-corrected chi connectivity index (χ3v) is 4.23. The number of imide groups is 1. The number of benzene rings is 1. The molecular formula is C16H17NO4. The summed E-state index contributed by atoms with van der Waals surface area (Å²) in [6.07, 6.45) is 2.44. The van der Waals surface area contributed by atoms with Crippen molar-refractivity contribution in [2.24, 2.45) is 11.3 Å². The van der Waals surface area contributed by atoms with Crippen molar-refractivity contribution >= 4 is 17.8 Å². The van der Waals surface area contributed by atoms with Crippen LogP contribution < -0.4 is 0 Å². The molecule has 0 aromatic heterocycles. The Morgan fingerprint density at radius 3 is 2.19 bits per heavy atom. The highest BCUT2D eigenvalue weighted by atomic mass is 16.7. The molecule has 0 unspecified atom stereocenters. The van der Waals surface area contributed by atoms with Crippen molar-refractivity contribution in [3.63, 3.8) is 0 Å². The molecule has 0 atom stereocenters. The van der Waals surface area contributed by atoms with Gasteiger partial charge in [0.15, 0.2) is 0 Å². The Kier molecular flexibility index (Phi) is 3.08. The number of carbonyl (C=O) groups excluding carboxylic acids is 3. The molecule has 1 fully saturated rings. The molecule has 1 aliphatic heterocycles. The smallest absolute Gasteiger partial charge is 0.330 e. The van der Waals surface area contributed by atoms with Crippen molar-refractivity contribution in [1.82, 2.24) is 5.06 Å². The SMILES string of the molecule is CC(C)(CC(=O)ON1C(=O)c2ccccc2C1=O)C1CC1. The Hall–Kier alpha value is -2.17. The van der Waals surface area contributed by atoms with E-state index in [2.05, 4.69) is 0 Å². The van der Waals surface area contributed by atoms with Crippen molar-refractivity contribution in [3.05, 3.63) is 35.4 Å². The molecule has 1 aliphatic carbocycles. The average Bonchev–Trinajstić information content (AvgIpc) is 3.25. The van der Waals surface area contributed by atoms with Crippen molar-refractivity contribution in [2.75, 3.05) is 0 Å². The second-order valence-electron chi connectivity index (χ2n) is 6.35. The first-order chi connectivity index (χ1) is 9.90. The van der Waals surface area contributed by atoms with E-state index in [1.165, 1.54) is 0 Å². The van der Waals surface area contributed by atoms with E-state index in [0.29, 0.717) is 11.0 Å². The summed E-state index contributed by atoms with van der Waals surface area (Å²) in [5, 5.41) is 0.579. The summed E-state index contributed by atoms with van der Waals surface area (Å²) >= 11 is 0. The van der Waals surface area contributed by atoms with E-state index in [1.54, 1.807) is 24.3 Å². The van der Waals surface area contributed by atoms with E-state index in [1.807, 2.05) is 13.8 Å². The highest BCUT2D eigenvalue weighted by molar-refractivity contribution is 6.20. The van der Waals surface area contributed by atoms with E-state index in [-0.39, 0.29) is 23.0 Å². The molecule has 0 spiro atoms. The molecule has 1 saturated carbocycles. The second-order valence-corrected chi connectivity index (χ2v) is 6.35. The van der Waals surface area contributed by atoms with Gasteiger partial charge in [-0.3, -0.25) is 9.59 Å². The molecule has 21 heavy (non-hydrogen) atoms. The number of fused-ring (bicyclic) bond motifs is 1. The van der Waals surface area contributed by atoms with Gasteiger partial charge >= 0.3 is 5.97 Å². The maximum absolute atomic E-state index is 12.1. The molecule has 1 aromatic rings. The van der Waals surface area contributed by atoms with E-state index >= 15 is 0 Å². The van der Waals surface area contributed by atoms with Crippen LogP contribution in [0.4, 0.5) is 0 Å². The number of hydroxylamine groups is 2. The fraction of sp³-hybridized carbons (Fsp3) is 0.438. The van der Waals surface area contributed by atoms with Gasteiger partial charge in [-0.25, -0.2) is 4.79 Å². The van der Waals surface area contributed by atoms with Gasteiger partial charge in [-0.05, 0) is 36.3 Å². The summed E-state index contributed by atoms with van der Waals surface area (Å²) in [5.41, 5.74) is 0.393. The molecule has 2 aliphatic rings. The molecule has 5 heteroatoms. The van der Waals surface area contributed by atoms with Crippen LogP contribution >= 0.6 is 0 Å². The van der Waals surface area contributed by atoms with Crippen LogP contribution in [-0.4, -0.2) is 22.8 Å². The minimum atomic E-state index is -0.576. The van der Waals surface area contributed by atoms with Gasteiger partial charge in [0.05, 0.1) is 17.5 Å². The first-order valence-corrected chi connectivity index (χ1v) is 7.09. The topological polar surface area (TPSA) is 63.7 Å². The highest BCUT2D eigenvalue weighted by Gasteiger charge is 2.42. The third-order valence-electron chi connectivity index (χ3n) is 4.23. The van der Waals surface area contributed by atoms with Crippen LogP contribution in [0.15, 0.2) is 24.3 Å². The quantitative estimate of drug-likeness (QED) is 0.798. The monoisotopic (exact) mass is 287 g/mol. The number of amides is 2. The molecule has 0 saturated heterocycles. The Morgan fingerprint density at radius 2 is 1.71 bits per heavy atom. The van der Waals surface area contributed by atoms with Crippen LogP contribution in [0.3, 0.4) is 0 Å². The molecule has 5 nitrogen and oxygen atoms in total. The molecule has 110 valence electrons. The van der Waals surface area contributed by atoms with Crippen LogP contribution in [-0.2, 0) is 9.63 Å². The Morgan fingerprint density at radius 1 is 1.19 bits per heavy atom. The minimum absolute atomic E-state index is 0.157. The lowest BCUT2D eigenvalue weighted by Gasteiger charge is -2.23. The van der Waals surface area contributed by atoms with Crippen molar-refractivity contribution in [3.8, 4) is 0 Å². The summed E-state index contributed by atoms with van der Waals surface area (Å²) in [4.78, 5) is 41.2. The van der Waals surface area contributed by atoms with Crippen molar-refractivity contribution in [2.45, 2.75) is 33.1 Å². The molecule has 3 rings (SSSR count). The van der Waals surface area contributed by atoms with Gasteiger partial charge in [0.1, 0.15) is 0 Å². The minimum Gasteiger partial charge on any atom is -0.330 e. The van der Waals surface area contributed by atoms with Gasteiger partial charge in [0.25, 0.3) is 11.8 Å². The predicted octanol–water partition coefficient (Wildman–Crippen LogP) is 2.57. The predicted molar refractivity (Wildman–Crippen MR) is 74.2 cm³/mol. The summed E-state index contributed by atoms with van der Waals surface area (Å²) in [7, 11) is 0. The lowest BCUT2D eigenvalue weighted by atomic mass is 9.84. The van der Waals surface area contributed by atoms with Gasteiger partial charge in [0.2, 0.25) is 0 Å². The third kappa shape index (κ3) is 2.44. The average molecular weight is 287 g/mol. The Bertz CT molecular complexity index is 596. The van der Waals surface area contributed by atoms with Gasteiger partial charge in [-0.1, -0.05) is 31.0 Å². The summed E-state index contributed by atoms with van der Waals surface area (Å²) in [6.45, 7) is 4.02. The standard InChI is InChI=1S/C16H17NO4/c1-16(2,10-7-8-10)9-13(18)21-17-14(19)11-5-3-4-6-12(11)15(17)20/h3-6,10H,7-9H2,1-2H3. The molecular weight excluding hydrogens is 270 g/mol. The van der Waals surface area contributed by atoms with Crippen molar-refractivity contribution in [1.29, 1.82) is 0 Å². The summed E-state index contributed by atoms with van der Waals surface area (Å²) < 4.78 is 0. The normalized spacial score (nSPS) is 17.9. The number of rotatable bonds is 4. The van der Waals surface area contributed by atoms with Gasteiger partial charge in [-0.15, -0.1) is 0 Å². The zero-order chi connectivity index (χ0) is 15.2. The van der Waals surface area contributed by atoms with E-state index in [0.717, 1.165) is 12.8 Å². The van der Waals surface area contributed by atoms with E-state index in [9.17, 15) is 14.4 Å². The zero-order valence-electron chi connectivity index (χ0n) is 12.1. The zero-order valence-corrected chi connectivity index (χ0v) is 12.1. The molecule has 0 bridgehead atoms. The largest absolute Gasteiger partial charge is 0.333 e. The molecule has 1 aromatic carbocycles. The van der Waals surface area contributed by atoms with Crippen LogP contribution in [0.1, 0.15) is 53.8 Å². The number of nitrogens with zero attached hydrogens (tertiary/aromatic N) is 1. The number of carbonyl (C=O) groups is 3. The van der Waals surface area contributed by atoms with E-state index < -0.39 is 17.8 Å². The highest BCUT2D eigenvalue weighted by Crippen LogP contribution is 2.47. The van der Waals surface area contributed by atoms with E-state index in [4.69, 9.17) is 4.84 Å². The van der Waals surface area contributed by atoms with Crippen LogP contribution in [0, 0.1) is 11.3 Å². The van der Waals surface area contributed by atoms with Crippen LogP contribution in [0.5, 0.6) is 0 Å². The first kappa shape index (κ1) is 13.8. The van der Waals surface area contributed by atoms with Gasteiger partial charge < -0.3 is 4.84 Å².